The van der Waals surface area contributed by atoms with E-state index in [2.05, 4.69) is 22.1 Å². The maximum absolute atomic E-state index is 13.3. The maximum Gasteiger partial charge on any atom is 0.433 e. The molecule has 3 nitrogen and oxygen atoms in total. The van der Waals surface area contributed by atoms with Gasteiger partial charge in [0, 0.05) is 29.1 Å². The number of pyridine rings is 2. The van der Waals surface area contributed by atoms with Crippen LogP contribution in [0.2, 0.25) is 0 Å². The number of hydrogen-bond acceptors (Lipinski definition) is 2. The summed E-state index contributed by atoms with van der Waals surface area (Å²) in [4.78, 5) is 8.40. The number of aromatic nitrogens is 3. The minimum atomic E-state index is -4.46. The van der Waals surface area contributed by atoms with Crippen molar-refractivity contribution in [3.05, 3.63) is 78.4 Å². The zero-order chi connectivity index (χ0) is 19.3. The van der Waals surface area contributed by atoms with Crippen molar-refractivity contribution in [3.63, 3.8) is 0 Å². The number of hydrogen-bond donors (Lipinski definition) is 0. The van der Waals surface area contributed by atoms with Gasteiger partial charge >= 0.3 is 6.18 Å². The number of benzene rings is 1. The van der Waals surface area contributed by atoms with Crippen LogP contribution in [0.5, 0.6) is 0 Å². The Morgan fingerprint density at radius 1 is 0.929 bits per heavy atom. The summed E-state index contributed by atoms with van der Waals surface area (Å²) in [7, 11) is 0. The van der Waals surface area contributed by atoms with E-state index in [0.29, 0.717) is 11.5 Å². The van der Waals surface area contributed by atoms with Gasteiger partial charge in [0.25, 0.3) is 0 Å². The highest BCUT2D eigenvalue weighted by atomic mass is 19.4. The molecule has 28 heavy (non-hydrogen) atoms. The number of rotatable bonds is 3. The molecule has 140 valence electrons. The molecule has 0 radical (unpaired) electrons. The molecule has 1 saturated carbocycles. The Hall–Kier alpha value is -3.15. The fourth-order valence-electron chi connectivity index (χ4n) is 3.57. The van der Waals surface area contributed by atoms with E-state index >= 15 is 0 Å². The van der Waals surface area contributed by atoms with Gasteiger partial charge in [0.05, 0.1) is 11.9 Å². The van der Waals surface area contributed by atoms with E-state index in [0.717, 1.165) is 27.4 Å². The van der Waals surface area contributed by atoms with Gasteiger partial charge in [-0.3, -0.25) is 9.38 Å². The van der Waals surface area contributed by atoms with Crippen LogP contribution in [0.1, 0.15) is 30.0 Å². The molecule has 0 amide bonds. The van der Waals surface area contributed by atoms with Crippen molar-refractivity contribution in [2.24, 2.45) is 0 Å². The van der Waals surface area contributed by atoms with E-state index in [-0.39, 0.29) is 5.65 Å². The molecule has 1 aliphatic carbocycles. The van der Waals surface area contributed by atoms with E-state index in [1.807, 2.05) is 18.2 Å². The van der Waals surface area contributed by atoms with Crippen molar-refractivity contribution in [1.82, 2.24) is 14.4 Å². The van der Waals surface area contributed by atoms with Crippen molar-refractivity contribution in [2.45, 2.75) is 24.9 Å². The molecule has 0 atom stereocenters. The Balaban J connectivity index is 1.65. The van der Waals surface area contributed by atoms with Crippen molar-refractivity contribution >= 4 is 5.65 Å². The minimum absolute atomic E-state index is 0.261. The molecule has 5 rings (SSSR count). The molecule has 0 unspecified atom stereocenters. The Morgan fingerprint density at radius 2 is 1.79 bits per heavy atom. The van der Waals surface area contributed by atoms with Crippen LogP contribution in [0.3, 0.4) is 0 Å². The average Bonchev–Trinajstić information content (AvgIpc) is 3.45. The van der Waals surface area contributed by atoms with Gasteiger partial charge in [-0.05, 0) is 48.6 Å². The predicted octanol–water partition coefficient (Wildman–Crippen LogP) is 5.96. The molecule has 3 heterocycles. The highest BCUT2D eigenvalue weighted by Gasteiger charge is 2.34. The van der Waals surface area contributed by atoms with Gasteiger partial charge in [-0.25, -0.2) is 4.98 Å². The lowest BCUT2D eigenvalue weighted by atomic mass is 9.98. The third-order valence-electron chi connectivity index (χ3n) is 5.12. The molecule has 0 aliphatic heterocycles. The van der Waals surface area contributed by atoms with Gasteiger partial charge in [0.1, 0.15) is 11.3 Å². The van der Waals surface area contributed by atoms with E-state index < -0.39 is 11.9 Å². The monoisotopic (exact) mass is 379 g/mol. The van der Waals surface area contributed by atoms with Gasteiger partial charge in [0.2, 0.25) is 0 Å². The minimum Gasteiger partial charge on any atom is -0.295 e. The summed E-state index contributed by atoms with van der Waals surface area (Å²) in [5, 5.41) is 0. The van der Waals surface area contributed by atoms with Crippen molar-refractivity contribution in [3.8, 4) is 22.4 Å². The lowest BCUT2D eigenvalue weighted by molar-refractivity contribution is -0.141. The Morgan fingerprint density at radius 3 is 2.57 bits per heavy atom. The third kappa shape index (κ3) is 2.95. The summed E-state index contributed by atoms with van der Waals surface area (Å²) < 4.78 is 40.9. The van der Waals surface area contributed by atoms with E-state index in [4.69, 9.17) is 0 Å². The van der Waals surface area contributed by atoms with E-state index in [1.54, 1.807) is 24.4 Å². The Bertz CT molecular complexity index is 1170. The summed E-state index contributed by atoms with van der Waals surface area (Å²) in [5.41, 5.74) is 3.95. The maximum atomic E-state index is 13.3. The number of imidazole rings is 1. The smallest absolute Gasteiger partial charge is 0.295 e. The molecule has 1 aromatic carbocycles. The van der Waals surface area contributed by atoms with Crippen LogP contribution in [-0.4, -0.2) is 14.4 Å². The largest absolute Gasteiger partial charge is 0.433 e. The van der Waals surface area contributed by atoms with Crippen molar-refractivity contribution < 1.29 is 13.2 Å². The Kier molecular flexibility index (Phi) is 3.75. The topological polar surface area (TPSA) is 30.2 Å². The van der Waals surface area contributed by atoms with Gasteiger partial charge in [0.15, 0.2) is 0 Å². The quantitative estimate of drug-likeness (QED) is 0.440. The highest BCUT2D eigenvalue weighted by Crippen LogP contribution is 2.41. The molecule has 0 bridgehead atoms. The zero-order valence-electron chi connectivity index (χ0n) is 14.8. The van der Waals surface area contributed by atoms with Crippen LogP contribution in [0, 0.1) is 0 Å². The molecule has 0 spiro atoms. The van der Waals surface area contributed by atoms with Crippen LogP contribution in [-0.2, 0) is 6.18 Å². The molecule has 6 heteroatoms. The van der Waals surface area contributed by atoms with Crippen molar-refractivity contribution in [2.75, 3.05) is 0 Å². The molecule has 4 aromatic rings. The van der Waals surface area contributed by atoms with Crippen LogP contribution < -0.4 is 0 Å². The zero-order valence-corrected chi connectivity index (χ0v) is 14.8. The van der Waals surface area contributed by atoms with Gasteiger partial charge in [-0.1, -0.05) is 24.3 Å². The van der Waals surface area contributed by atoms with Gasteiger partial charge < -0.3 is 0 Å². The first-order valence-electron chi connectivity index (χ1n) is 9.11. The lowest BCUT2D eigenvalue weighted by Gasteiger charge is -2.12. The molecular weight excluding hydrogens is 363 g/mol. The summed E-state index contributed by atoms with van der Waals surface area (Å²) in [6.07, 6.45) is 2.00. The van der Waals surface area contributed by atoms with Crippen LogP contribution in [0.15, 0.2) is 67.1 Å². The van der Waals surface area contributed by atoms with Crippen LogP contribution in [0.4, 0.5) is 13.2 Å². The van der Waals surface area contributed by atoms with Crippen LogP contribution in [0.25, 0.3) is 28.0 Å². The molecule has 0 saturated heterocycles. The first-order valence-corrected chi connectivity index (χ1v) is 9.11. The molecule has 0 N–H and O–H groups in total. The lowest BCUT2D eigenvalue weighted by Crippen LogP contribution is -2.08. The summed E-state index contributed by atoms with van der Waals surface area (Å²) in [6, 6.07) is 15.3. The van der Waals surface area contributed by atoms with Gasteiger partial charge in [-0.2, -0.15) is 13.2 Å². The second kappa shape index (κ2) is 6.19. The normalized spacial score (nSPS) is 14.5. The summed E-state index contributed by atoms with van der Waals surface area (Å²) in [6.45, 7) is 0. The molecule has 1 aliphatic rings. The average molecular weight is 379 g/mol. The van der Waals surface area contributed by atoms with Gasteiger partial charge in [-0.15, -0.1) is 0 Å². The number of nitrogens with zero attached hydrogens (tertiary/aromatic N) is 3. The second-order valence-electron chi connectivity index (χ2n) is 7.09. The summed E-state index contributed by atoms with van der Waals surface area (Å²) >= 11 is 0. The molecule has 1 fully saturated rings. The third-order valence-corrected chi connectivity index (χ3v) is 5.12. The molecule has 3 aromatic heterocycles. The first kappa shape index (κ1) is 17.0. The number of halogens is 3. The fourth-order valence-corrected chi connectivity index (χ4v) is 3.57. The molecular formula is C22H16F3N3. The predicted molar refractivity (Wildman–Crippen MR) is 101 cm³/mol. The summed E-state index contributed by atoms with van der Waals surface area (Å²) in [5.74, 6) is 0.615. The SMILES string of the molecule is FC(F)(F)c1cnc2ccc(-c3cccnc3-c3cccc(C4CC4)c3)cn12. The second-order valence-corrected chi connectivity index (χ2v) is 7.09. The van der Waals surface area contributed by atoms with E-state index in [9.17, 15) is 13.2 Å². The first-order chi connectivity index (χ1) is 13.5. The fraction of sp³-hybridized carbons (Fsp3) is 0.182. The van der Waals surface area contributed by atoms with E-state index in [1.165, 1.54) is 24.6 Å². The number of fused-ring (bicyclic) bond motifs is 1. The van der Waals surface area contributed by atoms with Crippen LogP contribution >= 0.6 is 0 Å². The highest BCUT2D eigenvalue weighted by molar-refractivity contribution is 5.81. The standard InChI is InChI=1S/C22H16F3N3/c23-22(24,25)19-12-27-20-9-8-17(13-28(19)20)18-5-2-10-26-21(18)16-4-1-3-15(11-16)14-6-7-14/h1-5,8-14H,6-7H2. The number of alkyl halides is 3. The van der Waals surface area contributed by atoms with Crippen molar-refractivity contribution in [1.29, 1.82) is 0 Å². The Labute approximate surface area is 159 Å².